The van der Waals surface area contributed by atoms with Crippen molar-refractivity contribution in [3.05, 3.63) is 35.9 Å². The number of rotatable bonds is 6. The van der Waals surface area contributed by atoms with Crippen LogP contribution in [0.4, 0.5) is 0 Å². The van der Waals surface area contributed by atoms with Crippen molar-refractivity contribution in [3.63, 3.8) is 0 Å². The normalized spacial score (nSPS) is 12.0. The van der Waals surface area contributed by atoms with Gasteiger partial charge in [0, 0.05) is 13.1 Å². The first-order chi connectivity index (χ1) is 9.50. The molecule has 5 nitrogen and oxygen atoms in total. The molecule has 20 heavy (non-hydrogen) atoms. The molecule has 0 aliphatic rings. The van der Waals surface area contributed by atoms with E-state index in [2.05, 4.69) is 10.6 Å². The van der Waals surface area contributed by atoms with E-state index in [1.807, 2.05) is 44.2 Å². The van der Waals surface area contributed by atoms with Crippen LogP contribution >= 0.6 is 0 Å². The van der Waals surface area contributed by atoms with Crippen molar-refractivity contribution in [1.82, 2.24) is 10.6 Å². The molecule has 1 aromatic carbocycles. The summed E-state index contributed by atoms with van der Waals surface area (Å²) in [6.07, 6.45) is -0.275. The number of hydrogen-bond acceptors (Lipinski definition) is 3. The molecule has 110 valence electrons. The monoisotopic (exact) mass is 278 g/mol. The summed E-state index contributed by atoms with van der Waals surface area (Å²) in [5.41, 5.74) is 0.797. The van der Waals surface area contributed by atoms with Gasteiger partial charge in [0.15, 0.2) is 0 Å². The van der Waals surface area contributed by atoms with Gasteiger partial charge in [0.2, 0.25) is 0 Å². The molecule has 0 aliphatic heterocycles. The molecular weight excluding hydrogens is 256 g/mol. The van der Waals surface area contributed by atoms with E-state index in [9.17, 15) is 14.7 Å². The lowest BCUT2D eigenvalue weighted by atomic mass is 10.1. The number of benzene rings is 1. The number of aliphatic hydroxyl groups is 1. The zero-order chi connectivity index (χ0) is 15.0. The number of nitrogens with one attached hydrogen (secondary N) is 2. The Morgan fingerprint density at radius 2 is 1.70 bits per heavy atom. The quantitative estimate of drug-likeness (QED) is 0.679. The van der Waals surface area contributed by atoms with Crippen molar-refractivity contribution in [2.75, 3.05) is 13.1 Å². The van der Waals surface area contributed by atoms with Gasteiger partial charge in [0.05, 0.1) is 6.10 Å². The fourth-order valence-corrected chi connectivity index (χ4v) is 1.62. The molecule has 0 spiro atoms. The van der Waals surface area contributed by atoms with Gasteiger partial charge in [0.1, 0.15) is 0 Å². The molecule has 5 heteroatoms. The van der Waals surface area contributed by atoms with Crippen molar-refractivity contribution in [2.45, 2.75) is 26.4 Å². The third kappa shape index (κ3) is 5.84. The van der Waals surface area contributed by atoms with Crippen molar-refractivity contribution < 1.29 is 14.7 Å². The van der Waals surface area contributed by atoms with Gasteiger partial charge in [-0.25, -0.2) is 0 Å². The largest absolute Gasteiger partial charge is 0.388 e. The van der Waals surface area contributed by atoms with Crippen LogP contribution in [-0.2, 0) is 9.59 Å². The second kappa shape index (κ2) is 8.32. The van der Waals surface area contributed by atoms with E-state index in [1.165, 1.54) is 0 Å². The number of amides is 2. The van der Waals surface area contributed by atoms with Crippen LogP contribution in [0.1, 0.15) is 31.9 Å². The molecule has 1 atom stereocenters. The second-order valence-corrected chi connectivity index (χ2v) is 5.07. The van der Waals surface area contributed by atoms with Crippen LogP contribution in [0.2, 0.25) is 0 Å². The Bertz CT molecular complexity index is 432. The predicted octanol–water partition coefficient (Wildman–Crippen LogP) is 0.998. The maximum absolute atomic E-state index is 11.5. The molecule has 0 aliphatic carbocycles. The summed E-state index contributed by atoms with van der Waals surface area (Å²) < 4.78 is 0. The highest BCUT2D eigenvalue weighted by atomic mass is 16.3. The summed E-state index contributed by atoms with van der Waals surface area (Å²) in [6.45, 7) is 4.63. The van der Waals surface area contributed by atoms with Crippen LogP contribution in [0.15, 0.2) is 30.3 Å². The lowest BCUT2D eigenvalue weighted by Crippen LogP contribution is -2.41. The molecule has 1 aromatic rings. The SMILES string of the molecule is CC(C)CNC(=O)C(=O)NCC[C@@H](O)c1ccccc1. The van der Waals surface area contributed by atoms with Gasteiger partial charge in [-0.3, -0.25) is 9.59 Å². The maximum Gasteiger partial charge on any atom is 0.309 e. The first-order valence-electron chi connectivity index (χ1n) is 6.79. The van der Waals surface area contributed by atoms with Crippen molar-refractivity contribution >= 4 is 11.8 Å². The fraction of sp³-hybridized carbons (Fsp3) is 0.467. The smallest absolute Gasteiger partial charge is 0.309 e. The highest BCUT2D eigenvalue weighted by molar-refractivity contribution is 6.35. The molecular formula is C15H22N2O3. The Hall–Kier alpha value is -1.88. The topological polar surface area (TPSA) is 78.4 Å². The minimum Gasteiger partial charge on any atom is -0.388 e. The van der Waals surface area contributed by atoms with Gasteiger partial charge < -0.3 is 15.7 Å². The summed E-state index contributed by atoms with van der Waals surface area (Å²) >= 11 is 0. The molecule has 0 heterocycles. The van der Waals surface area contributed by atoms with Crippen LogP contribution in [0.25, 0.3) is 0 Å². The zero-order valence-electron chi connectivity index (χ0n) is 11.9. The number of hydrogen-bond donors (Lipinski definition) is 3. The summed E-state index contributed by atoms with van der Waals surface area (Å²) in [5.74, 6) is -0.995. The van der Waals surface area contributed by atoms with E-state index >= 15 is 0 Å². The lowest BCUT2D eigenvalue weighted by Gasteiger charge is -2.12. The second-order valence-electron chi connectivity index (χ2n) is 5.07. The average Bonchev–Trinajstić information content (AvgIpc) is 2.45. The predicted molar refractivity (Wildman–Crippen MR) is 76.9 cm³/mol. The van der Waals surface area contributed by atoms with Gasteiger partial charge in [-0.1, -0.05) is 44.2 Å². The van der Waals surface area contributed by atoms with Crippen LogP contribution in [0.3, 0.4) is 0 Å². The Kier molecular flexibility index (Phi) is 6.73. The van der Waals surface area contributed by atoms with E-state index < -0.39 is 17.9 Å². The molecule has 2 amide bonds. The van der Waals surface area contributed by atoms with Gasteiger partial charge in [-0.05, 0) is 17.9 Å². The highest BCUT2D eigenvalue weighted by Gasteiger charge is 2.14. The van der Waals surface area contributed by atoms with Gasteiger partial charge in [-0.2, -0.15) is 0 Å². The zero-order valence-corrected chi connectivity index (χ0v) is 11.9. The molecule has 0 unspecified atom stereocenters. The molecule has 0 radical (unpaired) electrons. The van der Waals surface area contributed by atoms with E-state index in [4.69, 9.17) is 0 Å². The van der Waals surface area contributed by atoms with Crippen molar-refractivity contribution in [1.29, 1.82) is 0 Å². The molecule has 0 saturated heterocycles. The molecule has 1 rings (SSSR count). The molecule has 0 saturated carbocycles. The minimum absolute atomic E-state index is 0.254. The lowest BCUT2D eigenvalue weighted by molar-refractivity contribution is -0.139. The van der Waals surface area contributed by atoms with Crippen molar-refractivity contribution in [3.8, 4) is 0 Å². The van der Waals surface area contributed by atoms with Gasteiger partial charge >= 0.3 is 11.8 Å². The Morgan fingerprint density at radius 3 is 2.30 bits per heavy atom. The average molecular weight is 278 g/mol. The van der Waals surface area contributed by atoms with Crippen LogP contribution in [0, 0.1) is 5.92 Å². The number of carbonyl (C=O) groups excluding carboxylic acids is 2. The minimum atomic E-state index is -0.661. The number of carbonyl (C=O) groups is 2. The highest BCUT2D eigenvalue weighted by Crippen LogP contribution is 2.14. The van der Waals surface area contributed by atoms with Gasteiger partial charge in [-0.15, -0.1) is 0 Å². The third-order valence-corrected chi connectivity index (χ3v) is 2.76. The summed E-state index contributed by atoms with van der Waals surface area (Å²) in [5, 5.41) is 14.9. The van der Waals surface area contributed by atoms with E-state index in [-0.39, 0.29) is 6.54 Å². The van der Waals surface area contributed by atoms with E-state index in [0.29, 0.717) is 18.9 Å². The van der Waals surface area contributed by atoms with E-state index in [0.717, 1.165) is 5.56 Å². The van der Waals surface area contributed by atoms with Gasteiger partial charge in [0.25, 0.3) is 0 Å². The first kappa shape index (κ1) is 16.2. The first-order valence-corrected chi connectivity index (χ1v) is 6.79. The summed E-state index contributed by atoms with van der Waals surface area (Å²) in [6, 6.07) is 9.20. The standard InChI is InChI=1S/C15H22N2O3/c1-11(2)10-17-15(20)14(19)16-9-8-13(18)12-6-4-3-5-7-12/h3-7,11,13,18H,8-10H2,1-2H3,(H,16,19)(H,17,20)/t13-/m1/s1. The molecule has 0 fully saturated rings. The molecule has 3 N–H and O–H groups in total. The van der Waals surface area contributed by atoms with Crippen LogP contribution in [0.5, 0.6) is 0 Å². The van der Waals surface area contributed by atoms with Crippen molar-refractivity contribution in [2.24, 2.45) is 5.92 Å². The Labute approximate surface area is 119 Å². The van der Waals surface area contributed by atoms with Crippen LogP contribution < -0.4 is 10.6 Å². The molecule has 0 bridgehead atoms. The fourth-order valence-electron chi connectivity index (χ4n) is 1.62. The number of aliphatic hydroxyl groups excluding tert-OH is 1. The summed E-state index contributed by atoms with van der Waals surface area (Å²) in [4.78, 5) is 22.9. The summed E-state index contributed by atoms with van der Waals surface area (Å²) in [7, 11) is 0. The Balaban J connectivity index is 2.26. The van der Waals surface area contributed by atoms with E-state index in [1.54, 1.807) is 0 Å². The molecule has 0 aromatic heterocycles. The van der Waals surface area contributed by atoms with Crippen LogP contribution in [-0.4, -0.2) is 30.0 Å². The Morgan fingerprint density at radius 1 is 1.10 bits per heavy atom. The third-order valence-electron chi connectivity index (χ3n) is 2.76. The maximum atomic E-state index is 11.5.